The smallest absolute Gasteiger partial charge is 0.251 e. The van der Waals surface area contributed by atoms with Gasteiger partial charge in [0, 0.05) is 18.3 Å². The van der Waals surface area contributed by atoms with E-state index in [-0.39, 0.29) is 0 Å². The van der Waals surface area contributed by atoms with Crippen molar-refractivity contribution in [3.63, 3.8) is 0 Å². The molecular formula is C7H9N5O. The molecule has 68 valence electrons. The molecule has 13 heavy (non-hydrogen) atoms. The second-order valence-corrected chi connectivity index (χ2v) is 2.47. The highest BCUT2D eigenvalue weighted by atomic mass is 16.2. The Bertz CT molecular complexity index is 312. The SMILES string of the molecule is N#CC(Cc1cnc[nH]1)C(=O)NN. The maximum Gasteiger partial charge on any atom is 0.251 e. The van der Waals surface area contributed by atoms with E-state index in [1.165, 1.54) is 6.33 Å². The van der Waals surface area contributed by atoms with Crippen LogP contribution in [0.4, 0.5) is 0 Å². The van der Waals surface area contributed by atoms with E-state index in [0.29, 0.717) is 6.42 Å². The Morgan fingerprint density at radius 3 is 3.15 bits per heavy atom. The summed E-state index contributed by atoms with van der Waals surface area (Å²) in [6, 6.07) is 1.85. The van der Waals surface area contributed by atoms with Crippen molar-refractivity contribution < 1.29 is 4.79 Å². The first-order valence-corrected chi connectivity index (χ1v) is 3.65. The number of rotatable bonds is 3. The number of carbonyl (C=O) groups excluding carboxylic acids is 1. The van der Waals surface area contributed by atoms with E-state index in [1.54, 1.807) is 6.20 Å². The minimum Gasteiger partial charge on any atom is -0.348 e. The number of nitrogens with one attached hydrogen (secondary N) is 2. The highest BCUT2D eigenvalue weighted by Crippen LogP contribution is 2.04. The van der Waals surface area contributed by atoms with Gasteiger partial charge in [-0.3, -0.25) is 10.2 Å². The van der Waals surface area contributed by atoms with Crippen LogP contribution in [0.2, 0.25) is 0 Å². The molecule has 0 bridgehead atoms. The van der Waals surface area contributed by atoms with Crippen LogP contribution in [0.3, 0.4) is 0 Å². The van der Waals surface area contributed by atoms with Crippen molar-refractivity contribution in [1.29, 1.82) is 5.26 Å². The Labute approximate surface area is 74.7 Å². The zero-order valence-electron chi connectivity index (χ0n) is 6.82. The minimum atomic E-state index is -0.773. The number of amides is 1. The molecule has 0 saturated carbocycles. The second kappa shape index (κ2) is 4.23. The van der Waals surface area contributed by atoms with Gasteiger partial charge in [0.1, 0.15) is 5.92 Å². The fourth-order valence-electron chi connectivity index (χ4n) is 0.914. The average Bonchev–Trinajstić information content (AvgIpc) is 2.65. The number of hydrazine groups is 1. The summed E-state index contributed by atoms with van der Waals surface area (Å²) in [7, 11) is 0. The molecular weight excluding hydrogens is 170 g/mol. The maximum absolute atomic E-state index is 11.0. The molecule has 0 aliphatic carbocycles. The molecule has 0 saturated heterocycles. The third-order valence-corrected chi connectivity index (χ3v) is 1.59. The molecule has 1 heterocycles. The van der Waals surface area contributed by atoms with E-state index in [1.807, 2.05) is 11.5 Å². The number of nitrogens with zero attached hydrogens (tertiary/aromatic N) is 2. The van der Waals surface area contributed by atoms with Gasteiger partial charge in [0.25, 0.3) is 5.91 Å². The summed E-state index contributed by atoms with van der Waals surface area (Å²) in [5.74, 6) is 3.64. The summed E-state index contributed by atoms with van der Waals surface area (Å²) in [4.78, 5) is 17.5. The average molecular weight is 179 g/mol. The van der Waals surface area contributed by atoms with Crippen molar-refractivity contribution in [2.75, 3.05) is 0 Å². The third kappa shape index (κ3) is 2.28. The highest BCUT2D eigenvalue weighted by Gasteiger charge is 2.17. The van der Waals surface area contributed by atoms with Crippen molar-refractivity contribution in [2.45, 2.75) is 6.42 Å². The summed E-state index contributed by atoms with van der Waals surface area (Å²) in [5.41, 5.74) is 2.66. The Morgan fingerprint density at radius 2 is 2.69 bits per heavy atom. The molecule has 1 aromatic rings. The number of aromatic nitrogens is 2. The van der Waals surface area contributed by atoms with Gasteiger partial charge in [-0.2, -0.15) is 5.26 Å². The monoisotopic (exact) mass is 179 g/mol. The normalized spacial score (nSPS) is 11.7. The quantitative estimate of drug-likeness (QED) is 0.317. The molecule has 0 aliphatic heterocycles. The van der Waals surface area contributed by atoms with Gasteiger partial charge < -0.3 is 4.98 Å². The number of hydrogen-bond acceptors (Lipinski definition) is 4. The van der Waals surface area contributed by atoms with Crippen LogP contribution in [0.1, 0.15) is 5.69 Å². The number of carbonyl (C=O) groups is 1. The zero-order valence-corrected chi connectivity index (χ0v) is 6.82. The number of nitriles is 1. The highest BCUT2D eigenvalue weighted by molar-refractivity contribution is 5.80. The van der Waals surface area contributed by atoms with Crippen LogP contribution in [0.25, 0.3) is 0 Å². The second-order valence-electron chi connectivity index (χ2n) is 2.47. The number of imidazole rings is 1. The van der Waals surface area contributed by atoms with Crippen molar-refractivity contribution in [3.05, 3.63) is 18.2 Å². The minimum absolute atomic E-state index is 0.291. The molecule has 0 spiro atoms. The van der Waals surface area contributed by atoms with Crippen LogP contribution in [0.15, 0.2) is 12.5 Å². The molecule has 1 unspecified atom stereocenters. The van der Waals surface area contributed by atoms with Crippen molar-refractivity contribution in [3.8, 4) is 6.07 Å². The van der Waals surface area contributed by atoms with E-state index in [0.717, 1.165) is 5.69 Å². The Kier molecular flexibility index (Phi) is 3.00. The van der Waals surface area contributed by atoms with E-state index < -0.39 is 11.8 Å². The molecule has 0 aromatic carbocycles. The number of H-pyrrole nitrogens is 1. The Morgan fingerprint density at radius 1 is 1.92 bits per heavy atom. The van der Waals surface area contributed by atoms with Gasteiger partial charge >= 0.3 is 0 Å². The predicted molar refractivity (Wildman–Crippen MR) is 43.7 cm³/mol. The molecule has 1 rings (SSSR count). The van der Waals surface area contributed by atoms with Crippen LogP contribution in [-0.2, 0) is 11.2 Å². The third-order valence-electron chi connectivity index (χ3n) is 1.59. The maximum atomic E-state index is 11.0. The molecule has 4 N–H and O–H groups in total. The molecule has 1 atom stereocenters. The fourth-order valence-corrected chi connectivity index (χ4v) is 0.914. The van der Waals surface area contributed by atoms with Crippen LogP contribution in [-0.4, -0.2) is 15.9 Å². The van der Waals surface area contributed by atoms with Crippen molar-refractivity contribution >= 4 is 5.91 Å². The lowest BCUT2D eigenvalue weighted by molar-refractivity contribution is -0.123. The molecule has 0 fully saturated rings. The largest absolute Gasteiger partial charge is 0.348 e. The standard InChI is InChI=1S/C7H9N5O/c8-2-5(7(13)12-9)1-6-3-10-4-11-6/h3-5H,1,9H2,(H,10,11)(H,12,13). The van der Waals surface area contributed by atoms with Crippen LogP contribution < -0.4 is 11.3 Å². The Balaban J connectivity index is 2.61. The molecule has 6 heteroatoms. The van der Waals surface area contributed by atoms with Gasteiger partial charge in [0.05, 0.1) is 12.4 Å². The lowest BCUT2D eigenvalue weighted by atomic mass is 10.1. The predicted octanol–water partition coefficient (Wildman–Crippen LogP) is -0.918. The summed E-state index contributed by atoms with van der Waals surface area (Å²) in [5, 5.41) is 8.63. The molecule has 1 aromatic heterocycles. The van der Waals surface area contributed by atoms with Crippen LogP contribution in [0, 0.1) is 17.2 Å². The first-order valence-electron chi connectivity index (χ1n) is 3.65. The number of hydrogen-bond donors (Lipinski definition) is 3. The summed E-state index contributed by atoms with van der Waals surface area (Å²) >= 11 is 0. The van der Waals surface area contributed by atoms with Gasteiger partial charge in [0.15, 0.2) is 0 Å². The van der Waals surface area contributed by atoms with E-state index >= 15 is 0 Å². The first kappa shape index (κ1) is 9.22. The summed E-state index contributed by atoms with van der Waals surface area (Å²) in [6.07, 6.45) is 3.35. The van der Waals surface area contributed by atoms with E-state index in [4.69, 9.17) is 11.1 Å². The van der Waals surface area contributed by atoms with Crippen molar-refractivity contribution in [2.24, 2.45) is 11.8 Å². The van der Waals surface area contributed by atoms with Gasteiger partial charge in [0.2, 0.25) is 0 Å². The topological polar surface area (TPSA) is 108 Å². The molecule has 0 aliphatic rings. The summed E-state index contributed by atoms with van der Waals surface area (Å²) in [6.45, 7) is 0. The zero-order chi connectivity index (χ0) is 9.68. The summed E-state index contributed by atoms with van der Waals surface area (Å²) < 4.78 is 0. The van der Waals surface area contributed by atoms with Crippen molar-refractivity contribution in [1.82, 2.24) is 15.4 Å². The van der Waals surface area contributed by atoms with Gasteiger partial charge in [-0.1, -0.05) is 0 Å². The number of aromatic amines is 1. The van der Waals surface area contributed by atoms with Crippen LogP contribution >= 0.6 is 0 Å². The van der Waals surface area contributed by atoms with E-state index in [9.17, 15) is 4.79 Å². The fraction of sp³-hybridized carbons (Fsp3) is 0.286. The number of nitrogens with two attached hydrogens (primary N) is 1. The molecule has 1 amide bonds. The first-order chi connectivity index (χ1) is 6.27. The lowest BCUT2D eigenvalue weighted by Crippen LogP contribution is -2.36. The van der Waals surface area contributed by atoms with Gasteiger partial charge in [-0.25, -0.2) is 10.8 Å². The molecule has 0 radical (unpaired) electrons. The van der Waals surface area contributed by atoms with Gasteiger partial charge in [-0.15, -0.1) is 0 Å². The molecule has 6 nitrogen and oxygen atoms in total. The van der Waals surface area contributed by atoms with Crippen LogP contribution in [0.5, 0.6) is 0 Å². The lowest BCUT2D eigenvalue weighted by Gasteiger charge is -2.04. The van der Waals surface area contributed by atoms with E-state index in [2.05, 4.69) is 9.97 Å². The van der Waals surface area contributed by atoms with Gasteiger partial charge in [-0.05, 0) is 0 Å². The Hall–Kier alpha value is -1.87.